The molecular formula is C14H15F3N2S. The van der Waals surface area contributed by atoms with Crippen molar-refractivity contribution in [2.45, 2.75) is 32.5 Å². The fraction of sp³-hybridized carbons (Fsp3) is 0.357. The first kappa shape index (κ1) is 15.0. The topological polar surface area (TPSA) is 38.9 Å². The summed E-state index contributed by atoms with van der Waals surface area (Å²) in [6.45, 7) is 2.41. The molecule has 0 saturated heterocycles. The Morgan fingerprint density at radius 1 is 1.30 bits per heavy atom. The molecule has 2 aromatic rings. The lowest BCUT2D eigenvalue weighted by atomic mass is 10.1. The van der Waals surface area contributed by atoms with Gasteiger partial charge in [0.25, 0.3) is 0 Å². The third kappa shape index (κ3) is 3.37. The van der Waals surface area contributed by atoms with Crippen LogP contribution in [0.4, 0.5) is 13.2 Å². The van der Waals surface area contributed by atoms with E-state index in [1.165, 1.54) is 23.5 Å². The zero-order valence-electron chi connectivity index (χ0n) is 11.0. The average molecular weight is 300 g/mol. The van der Waals surface area contributed by atoms with Crippen molar-refractivity contribution in [3.05, 3.63) is 51.0 Å². The van der Waals surface area contributed by atoms with Crippen LogP contribution in [0, 0.1) is 0 Å². The van der Waals surface area contributed by atoms with Crippen molar-refractivity contribution in [1.82, 2.24) is 4.98 Å². The number of hydrogen-bond donors (Lipinski definition) is 1. The second kappa shape index (κ2) is 5.93. The van der Waals surface area contributed by atoms with Crippen LogP contribution in [0.25, 0.3) is 0 Å². The van der Waals surface area contributed by atoms with E-state index in [1.807, 2.05) is 6.92 Å². The minimum atomic E-state index is -4.31. The quantitative estimate of drug-likeness (QED) is 0.933. The monoisotopic (exact) mass is 300 g/mol. The van der Waals surface area contributed by atoms with E-state index in [2.05, 4.69) is 4.98 Å². The van der Waals surface area contributed by atoms with Gasteiger partial charge >= 0.3 is 6.18 Å². The predicted octanol–water partition coefficient (Wildman–Crippen LogP) is 3.77. The van der Waals surface area contributed by atoms with Gasteiger partial charge in [-0.15, -0.1) is 11.3 Å². The first-order chi connectivity index (χ1) is 9.44. The maximum Gasteiger partial charge on any atom is 0.416 e. The molecule has 108 valence electrons. The molecule has 0 spiro atoms. The molecule has 0 aliphatic heterocycles. The molecule has 0 fully saturated rings. The smallest absolute Gasteiger partial charge is 0.326 e. The maximum atomic E-state index is 12.7. The van der Waals surface area contributed by atoms with Gasteiger partial charge in [0.15, 0.2) is 0 Å². The van der Waals surface area contributed by atoms with E-state index in [4.69, 9.17) is 5.73 Å². The number of aromatic nitrogens is 1. The molecule has 0 bridgehead atoms. The summed E-state index contributed by atoms with van der Waals surface area (Å²) in [5.41, 5.74) is 6.57. The van der Waals surface area contributed by atoms with Crippen molar-refractivity contribution in [1.29, 1.82) is 0 Å². The lowest BCUT2D eigenvalue weighted by molar-refractivity contribution is -0.137. The molecule has 0 atom stereocenters. The van der Waals surface area contributed by atoms with Gasteiger partial charge in [0.1, 0.15) is 0 Å². The Bertz CT molecular complexity index is 569. The number of nitrogens with zero attached hydrogens (tertiary/aromatic N) is 1. The molecule has 0 aliphatic rings. The molecule has 0 aliphatic carbocycles. The van der Waals surface area contributed by atoms with Crippen molar-refractivity contribution in [3.8, 4) is 0 Å². The molecule has 0 unspecified atom stereocenters. The third-order valence-corrected chi connectivity index (χ3v) is 4.07. The van der Waals surface area contributed by atoms with Gasteiger partial charge in [0.2, 0.25) is 0 Å². The van der Waals surface area contributed by atoms with Crippen molar-refractivity contribution in [2.75, 3.05) is 0 Å². The highest BCUT2D eigenvalue weighted by Gasteiger charge is 2.30. The minimum absolute atomic E-state index is 0.404. The van der Waals surface area contributed by atoms with Crippen molar-refractivity contribution < 1.29 is 13.2 Å². The molecule has 1 aromatic heterocycles. The number of benzene rings is 1. The zero-order chi connectivity index (χ0) is 14.8. The summed E-state index contributed by atoms with van der Waals surface area (Å²) in [6, 6.07) is 5.37. The third-order valence-electron chi connectivity index (χ3n) is 2.95. The number of hydrogen-bond acceptors (Lipinski definition) is 3. The van der Waals surface area contributed by atoms with E-state index in [1.54, 1.807) is 6.07 Å². The van der Waals surface area contributed by atoms with Crippen LogP contribution < -0.4 is 5.73 Å². The Balaban J connectivity index is 2.24. The van der Waals surface area contributed by atoms with Crippen LogP contribution in [0.1, 0.15) is 33.6 Å². The number of halogens is 3. The highest BCUT2D eigenvalue weighted by atomic mass is 32.1. The predicted molar refractivity (Wildman–Crippen MR) is 73.6 cm³/mol. The normalized spacial score (nSPS) is 11.8. The van der Waals surface area contributed by atoms with E-state index in [0.717, 1.165) is 28.1 Å². The molecule has 1 aromatic carbocycles. The standard InChI is InChI=1S/C14H15F3N2S/c1-2-11-12(8-18)20-13(19-11)7-9-4-3-5-10(6-9)14(15,16)17/h3-6H,2,7-8,18H2,1H3. The maximum absolute atomic E-state index is 12.7. The molecule has 2 N–H and O–H groups in total. The molecule has 20 heavy (non-hydrogen) atoms. The van der Waals surface area contributed by atoms with E-state index in [9.17, 15) is 13.2 Å². The Kier molecular flexibility index (Phi) is 4.45. The number of rotatable bonds is 4. The van der Waals surface area contributed by atoms with Crippen LogP contribution in [0.5, 0.6) is 0 Å². The molecule has 0 radical (unpaired) electrons. The van der Waals surface area contributed by atoms with Crippen LogP contribution in [0.2, 0.25) is 0 Å². The second-order valence-corrected chi connectivity index (χ2v) is 5.58. The molecule has 0 amide bonds. The highest BCUT2D eigenvalue weighted by Crippen LogP contribution is 2.30. The van der Waals surface area contributed by atoms with Gasteiger partial charge in [-0.2, -0.15) is 13.2 Å². The van der Waals surface area contributed by atoms with Crippen LogP contribution in [0.3, 0.4) is 0 Å². The Morgan fingerprint density at radius 3 is 2.60 bits per heavy atom. The van der Waals surface area contributed by atoms with Crippen LogP contribution in [0.15, 0.2) is 24.3 Å². The summed E-state index contributed by atoms with van der Waals surface area (Å²) in [6.07, 6.45) is -3.12. The molecule has 2 rings (SSSR count). The van der Waals surface area contributed by atoms with Gasteiger partial charge in [0, 0.05) is 17.8 Å². The first-order valence-corrected chi connectivity index (χ1v) is 7.09. The summed E-state index contributed by atoms with van der Waals surface area (Å²) in [5, 5.41) is 0.807. The largest absolute Gasteiger partial charge is 0.416 e. The van der Waals surface area contributed by atoms with Crippen LogP contribution in [-0.4, -0.2) is 4.98 Å². The Labute approximate surface area is 119 Å². The number of thiazole rings is 1. The van der Waals surface area contributed by atoms with Crippen molar-refractivity contribution in [2.24, 2.45) is 5.73 Å². The van der Waals surface area contributed by atoms with Crippen molar-refractivity contribution >= 4 is 11.3 Å². The van der Waals surface area contributed by atoms with Gasteiger partial charge in [-0.3, -0.25) is 0 Å². The van der Waals surface area contributed by atoms with Gasteiger partial charge in [-0.25, -0.2) is 4.98 Å². The van der Waals surface area contributed by atoms with Crippen molar-refractivity contribution in [3.63, 3.8) is 0 Å². The minimum Gasteiger partial charge on any atom is -0.326 e. The second-order valence-electron chi connectivity index (χ2n) is 4.41. The van der Waals surface area contributed by atoms with Crippen LogP contribution >= 0.6 is 11.3 Å². The highest BCUT2D eigenvalue weighted by molar-refractivity contribution is 7.11. The summed E-state index contributed by atoms with van der Waals surface area (Å²) < 4.78 is 38.0. The fourth-order valence-corrected chi connectivity index (χ4v) is 3.05. The molecular weight excluding hydrogens is 285 g/mol. The zero-order valence-corrected chi connectivity index (χ0v) is 11.8. The lowest BCUT2D eigenvalue weighted by Gasteiger charge is -2.07. The summed E-state index contributed by atoms with van der Waals surface area (Å²) >= 11 is 1.47. The average Bonchev–Trinajstić information content (AvgIpc) is 2.80. The fourth-order valence-electron chi connectivity index (χ4n) is 1.98. The van der Waals surface area contributed by atoms with E-state index < -0.39 is 11.7 Å². The summed E-state index contributed by atoms with van der Waals surface area (Å²) in [7, 11) is 0. The van der Waals surface area contributed by atoms with Gasteiger partial charge in [-0.1, -0.05) is 25.1 Å². The summed E-state index contributed by atoms with van der Waals surface area (Å²) in [4.78, 5) is 5.45. The Hall–Kier alpha value is -1.40. The van der Waals surface area contributed by atoms with Gasteiger partial charge in [-0.05, 0) is 18.1 Å². The van der Waals surface area contributed by atoms with Gasteiger partial charge in [0.05, 0.1) is 16.3 Å². The number of alkyl halides is 3. The first-order valence-electron chi connectivity index (χ1n) is 6.27. The molecule has 0 saturated carbocycles. The molecule has 1 heterocycles. The van der Waals surface area contributed by atoms with E-state index in [0.29, 0.717) is 18.5 Å². The van der Waals surface area contributed by atoms with Gasteiger partial charge < -0.3 is 5.73 Å². The molecule has 6 heteroatoms. The number of aryl methyl sites for hydroxylation is 1. The van der Waals surface area contributed by atoms with E-state index in [-0.39, 0.29) is 0 Å². The number of nitrogens with two attached hydrogens (primary N) is 1. The van der Waals surface area contributed by atoms with E-state index >= 15 is 0 Å². The molecule has 2 nitrogen and oxygen atoms in total. The van der Waals surface area contributed by atoms with Crippen LogP contribution in [-0.2, 0) is 25.6 Å². The SMILES string of the molecule is CCc1nc(Cc2cccc(C(F)(F)F)c2)sc1CN. The summed E-state index contributed by atoms with van der Waals surface area (Å²) in [5.74, 6) is 0. The Morgan fingerprint density at radius 2 is 2.05 bits per heavy atom. The lowest BCUT2D eigenvalue weighted by Crippen LogP contribution is -2.05.